The Hall–Kier alpha value is -2.36. The zero-order valence-electron chi connectivity index (χ0n) is 14.5. The number of allylic oxidation sites excluding steroid dienone is 2. The molecule has 0 spiro atoms. The molecule has 0 amide bonds. The molecule has 0 N–H and O–H groups in total. The van der Waals surface area contributed by atoms with E-state index in [-0.39, 0.29) is 23.8 Å². The highest BCUT2D eigenvalue weighted by Crippen LogP contribution is 2.65. The third-order valence-electron chi connectivity index (χ3n) is 5.65. The number of esters is 2. The summed E-state index contributed by atoms with van der Waals surface area (Å²) >= 11 is 0. The van der Waals surface area contributed by atoms with Gasteiger partial charge in [-0.05, 0) is 49.2 Å². The molecule has 130 valence electrons. The molecule has 1 aromatic rings. The van der Waals surface area contributed by atoms with E-state index in [1.54, 1.807) is 0 Å². The Morgan fingerprint density at radius 2 is 1.68 bits per heavy atom. The number of hydrogen-bond acceptors (Lipinski definition) is 4. The molecule has 4 atom stereocenters. The Kier molecular flexibility index (Phi) is 3.98. The number of fused-ring (bicyclic) bond motifs is 5. The van der Waals surface area contributed by atoms with Gasteiger partial charge in [0.2, 0.25) is 0 Å². The molecule has 0 unspecified atom stereocenters. The topological polar surface area (TPSA) is 52.6 Å². The van der Waals surface area contributed by atoms with Gasteiger partial charge in [0.25, 0.3) is 0 Å². The van der Waals surface area contributed by atoms with Crippen LogP contribution in [0.1, 0.15) is 25.8 Å². The van der Waals surface area contributed by atoms with Gasteiger partial charge in [0.15, 0.2) is 0 Å². The Bertz CT molecular complexity index is 774. The van der Waals surface area contributed by atoms with Gasteiger partial charge in [0, 0.05) is 17.1 Å². The Labute approximate surface area is 147 Å². The first kappa shape index (κ1) is 16.1. The van der Waals surface area contributed by atoms with E-state index in [2.05, 4.69) is 6.08 Å². The summed E-state index contributed by atoms with van der Waals surface area (Å²) in [4.78, 5) is 24.9. The highest BCUT2D eigenvalue weighted by molar-refractivity contribution is 6.04. The summed E-state index contributed by atoms with van der Waals surface area (Å²) in [7, 11) is 0. The fourth-order valence-corrected chi connectivity index (χ4v) is 4.84. The van der Waals surface area contributed by atoms with Crippen LogP contribution in [0.3, 0.4) is 0 Å². The second-order valence-electron chi connectivity index (χ2n) is 6.81. The lowest BCUT2D eigenvalue weighted by molar-refractivity contribution is -0.141. The lowest BCUT2D eigenvalue weighted by Crippen LogP contribution is -2.39. The summed E-state index contributed by atoms with van der Waals surface area (Å²) in [5.74, 6) is 0.320. The molecule has 1 saturated carbocycles. The predicted octanol–water partition coefficient (Wildman–Crippen LogP) is 3.39. The van der Waals surface area contributed by atoms with E-state index in [0.717, 1.165) is 28.7 Å². The lowest BCUT2D eigenvalue weighted by atomic mass is 9.60. The molecule has 4 heteroatoms. The maximum Gasteiger partial charge on any atom is 0.334 e. The first-order chi connectivity index (χ1) is 12.2. The van der Waals surface area contributed by atoms with Crippen LogP contribution >= 0.6 is 0 Å². The number of ether oxygens (including phenoxy) is 2. The van der Waals surface area contributed by atoms with Crippen molar-refractivity contribution in [1.29, 1.82) is 0 Å². The minimum Gasteiger partial charge on any atom is -0.463 e. The number of benzene rings is 1. The quantitative estimate of drug-likeness (QED) is 0.772. The molecule has 0 radical (unpaired) electrons. The van der Waals surface area contributed by atoms with Crippen molar-refractivity contribution in [3.05, 3.63) is 53.1 Å². The van der Waals surface area contributed by atoms with Crippen LogP contribution in [0.4, 0.5) is 0 Å². The summed E-state index contributed by atoms with van der Waals surface area (Å²) < 4.78 is 10.5. The summed E-state index contributed by atoms with van der Waals surface area (Å²) in [5.41, 5.74) is 3.71. The average molecular weight is 338 g/mol. The van der Waals surface area contributed by atoms with Crippen LogP contribution < -0.4 is 0 Å². The molecule has 3 aliphatic rings. The largest absolute Gasteiger partial charge is 0.463 e. The van der Waals surface area contributed by atoms with Crippen molar-refractivity contribution in [1.82, 2.24) is 0 Å². The average Bonchev–Trinajstić information content (AvgIpc) is 3.11. The van der Waals surface area contributed by atoms with Gasteiger partial charge in [0.1, 0.15) is 0 Å². The van der Waals surface area contributed by atoms with E-state index in [4.69, 9.17) is 9.47 Å². The van der Waals surface area contributed by atoms with Crippen molar-refractivity contribution in [2.75, 3.05) is 13.2 Å². The van der Waals surface area contributed by atoms with Crippen LogP contribution in [-0.4, -0.2) is 25.2 Å². The molecule has 25 heavy (non-hydrogen) atoms. The number of hydrogen-bond donors (Lipinski definition) is 0. The molecular weight excluding hydrogens is 316 g/mol. The Morgan fingerprint density at radius 3 is 2.36 bits per heavy atom. The van der Waals surface area contributed by atoms with Gasteiger partial charge in [-0.15, -0.1) is 0 Å². The summed E-state index contributed by atoms with van der Waals surface area (Å²) in [5, 5.41) is 0. The van der Waals surface area contributed by atoms with Crippen LogP contribution in [0.2, 0.25) is 0 Å². The monoisotopic (exact) mass is 338 g/mol. The second kappa shape index (κ2) is 6.17. The van der Waals surface area contributed by atoms with Crippen molar-refractivity contribution in [3.8, 4) is 0 Å². The van der Waals surface area contributed by atoms with Crippen molar-refractivity contribution >= 4 is 17.5 Å². The molecule has 1 aromatic carbocycles. The fraction of sp³-hybridized carbons (Fsp3) is 0.429. The number of carbonyl (C=O) groups excluding carboxylic acids is 2. The minimum absolute atomic E-state index is 0.0842. The molecule has 1 fully saturated rings. The van der Waals surface area contributed by atoms with Crippen LogP contribution in [0.25, 0.3) is 5.57 Å². The SMILES string of the molecule is CCOC(=O)C1=C[C@@H]2C[C@H]1[C@H]1C(C(=O)OCC)=C(c3ccccc3)[C@H]12. The van der Waals surface area contributed by atoms with Crippen molar-refractivity contribution in [2.45, 2.75) is 20.3 Å². The molecule has 2 bridgehead atoms. The van der Waals surface area contributed by atoms with Gasteiger partial charge in [-0.2, -0.15) is 0 Å². The maximum atomic E-state index is 12.6. The van der Waals surface area contributed by atoms with Crippen molar-refractivity contribution in [2.24, 2.45) is 23.7 Å². The standard InChI is InChI=1S/C21H22O4/c1-3-24-20(22)15-11-13-10-14(15)18-17(13)16(12-8-6-5-7-9-12)19(18)21(23)25-4-2/h5-9,11,13-14,17-18H,3-4,10H2,1-2H3/t13-,14+,17+,18+/m0/s1. The molecule has 0 heterocycles. The molecule has 0 aliphatic heterocycles. The van der Waals surface area contributed by atoms with Gasteiger partial charge in [-0.25, -0.2) is 9.59 Å². The van der Waals surface area contributed by atoms with E-state index in [1.807, 2.05) is 44.2 Å². The number of rotatable bonds is 5. The van der Waals surface area contributed by atoms with Gasteiger partial charge < -0.3 is 9.47 Å². The zero-order valence-corrected chi connectivity index (χ0v) is 14.5. The third-order valence-corrected chi connectivity index (χ3v) is 5.65. The first-order valence-corrected chi connectivity index (χ1v) is 9.02. The zero-order chi connectivity index (χ0) is 17.6. The smallest absolute Gasteiger partial charge is 0.334 e. The van der Waals surface area contributed by atoms with E-state index in [1.165, 1.54) is 0 Å². The normalized spacial score (nSPS) is 29.0. The highest BCUT2D eigenvalue weighted by atomic mass is 16.5. The van der Waals surface area contributed by atoms with Crippen LogP contribution in [-0.2, 0) is 19.1 Å². The van der Waals surface area contributed by atoms with Gasteiger partial charge in [0.05, 0.1) is 13.2 Å². The Balaban J connectivity index is 1.71. The molecule has 0 saturated heterocycles. The van der Waals surface area contributed by atoms with Crippen LogP contribution in [0.5, 0.6) is 0 Å². The minimum atomic E-state index is -0.238. The van der Waals surface area contributed by atoms with Gasteiger partial charge in [-0.3, -0.25) is 0 Å². The van der Waals surface area contributed by atoms with Gasteiger partial charge >= 0.3 is 11.9 Å². The maximum absolute atomic E-state index is 12.6. The fourth-order valence-electron chi connectivity index (χ4n) is 4.84. The highest BCUT2D eigenvalue weighted by Gasteiger charge is 2.60. The van der Waals surface area contributed by atoms with Gasteiger partial charge in [-0.1, -0.05) is 36.4 Å². The number of carbonyl (C=O) groups is 2. The van der Waals surface area contributed by atoms with Crippen molar-refractivity contribution < 1.29 is 19.1 Å². The third kappa shape index (κ3) is 2.35. The summed E-state index contributed by atoms with van der Waals surface area (Å²) in [6.07, 6.45) is 3.00. The summed E-state index contributed by atoms with van der Waals surface area (Å²) in [6, 6.07) is 10.1. The molecule has 4 rings (SSSR count). The van der Waals surface area contributed by atoms with E-state index >= 15 is 0 Å². The predicted molar refractivity (Wildman–Crippen MR) is 93.3 cm³/mol. The molecule has 0 aromatic heterocycles. The molecule has 4 nitrogen and oxygen atoms in total. The van der Waals surface area contributed by atoms with E-state index < -0.39 is 0 Å². The summed E-state index contributed by atoms with van der Waals surface area (Å²) in [6.45, 7) is 4.37. The van der Waals surface area contributed by atoms with Crippen molar-refractivity contribution in [3.63, 3.8) is 0 Å². The van der Waals surface area contributed by atoms with E-state index in [0.29, 0.717) is 25.0 Å². The molecular formula is C21H22O4. The first-order valence-electron chi connectivity index (χ1n) is 9.02. The lowest BCUT2D eigenvalue weighted by Gasteiger charge is -2.43. The van der Waals surface area contributed by atoms with E-state index in [9.17, 15) is 9.59 Å². The van der Waals surface area contributed by atoms with Crippen LogP contribution in [0.15, 0.2) is 47.6 Å². The van der Waals surface area contributed by atoms with Crippen LogP contribution in [0, 0.1) is 23.7 Å². The molecule has 3 aliphatic carbocycles. The second-order valence-corrected chi connectivity index (χ2v) is 6.81. The Morgan fingerprint density at radius 1 is 1.00 bits per heavy atom.